The quantitative estimate of drug-likeness (QED) is 0.246. The molecule has 0 aliphatic heterocycles. The van der Waals surface area contributed by atoms with Crippen molar-refractivity contribution in [3.8, 4) is 17.1 Å². The van der Waals surface area contributed by atoms with E-state index in [1.165, 1.54) is 19.1 Å². The van der Waals surface area contributed by atoms with Crippen molar-refractivity contribution >= 4 is 30.0 Å². The van der Waals surface area contributed by atoms with Gasteiger partial charge in [-0.15, -0.1) is 0 Å². The fraction of sp³-hybridized carbons (Fsp3) is 0.308. The van der Waals surface area contributed by atoms with Crippen molar-refractivity contribution in [3.05, 3.63) is 72.0 Å². The summed E-state index contributed by atoms with van der Waals surface area (Å²) in [5.41, 5.74) is 9.81. The summed E-state index contributed by atoms with van der Waals surface area (Å²) in [5, 5.41) is 10.7. The van der Waals surface area contributed by atoms with Crippen LogP contribution in [-0.2, 0) is 11.3 Å². The molecular weight excluding hydrogens is 474 g/mol. The number of nitrogens with zero attached hydrogens (tertiary/aromatic N) is 4. The fourth-order valence-corrected chi connectivity index (χ4v) is 3.90. The highest BCUT2D eigenvalue weighted by atomic mass is 32.1. The third kappa shape index (κ3) is 5.44. The molecule has 0 unspecified atom stereocenters. The van der Waals surface area contributed by atoms with Gasteiger partial charge in [0.1, 0.15) is 12.1 Å². The summed E-state index contributed by atoms with van der Waals surface area (Å²) in [6.07, 6.45) is 7.29. The Kier molecular flexibility index (Phi) is 6.55. The van der Waals surface area contributed by atoms with Gasteiger partial charge in [0.15, 0.2) is 5.69 Å². The Balaban J connectivity index is 1.30. The first kappa shape index (κ1) is 24.1. The van der Waals surface area contributed by atoms with E-state index in [2.05, 4.69) is 38.3 Å². The third-order valence-corrected chi connectivity index (χ3v) is 6.34. The third-order valence-electron chi connectivity index (χ3n) is 6.08. The Morgan fingerprint density at radius 3 is 2.72 bits per heavy atom. The number of anilines is 2. The van der Waals surface area contributed by atoms with Crippen LogP contribution in [0.1, 0.15) is 48.4 Å². The van der Waals surface area contributed by atoms with E-state index in [0.717, 1.165) is 35.1 Å². The van der Waals surface area contributed by atoms with Crippen LogP contribution in [0.25, 0.3) is 17.1 Å². The maximum absolute atomic E-state index is 12.9. The standard InChI is InChI=1S/C26H29N7O2S/c1-26(2,36)18-5-7-19(8-6-18)33-14-21(20(12-27)32-33)30-24(34)22-15-35-25(31-22)17-9-10-28-23(11-17)29-13-16-3-4-16/h5-11,14-16,36H,3-4,12-13,27H2,1-2H3,(H,28,29)(H,30,34). The van der Waals surface area contributed by atoms with Crippen molar-refractivity contribution in [1.29, 1.82) is 0 Å². The molecule has 36 heavy (non-hydrogen) atoms. The van der Waals surface area contributed by atoms with E-state index in [0.29, 0.717) is 17.3 Å². The number of pyridine rings is 1. The van der Waals surface area contributed by atoms with Crippen LogP contribution in [0.5, 0.6) is 0 Å². The number of nitrogens with two attached hydrogens (primary N) is 1. The lowest BCUT2D eigenvalue weighted by Crippen LogP contribution is -2.14. The zero-order valence-electron chi connectivity index (χ0n) is 20.2. The van der Waals surface area contributed by atoms with Crippen LogP contribution in [0.2, 0.25) is 0 Å². The smallest absolute Gasteiger partial charge is 0.277 e. The predicted molar refractivity (Wildman–Crippen MR) is 142 cm³/mol. The van der Waals surface area contributed by atoms with Crippen LogP contribution in [0, 0.1) is 5.92 Å². The molecule has 1 aromatic carbocycles. The summed E-state index contributed by atoms with van der Waals surface area (Å²) >= 11 is 4.62. The average molecular weight is 504 g/mol. The Hall–Kier alpha value is -3.63. The number of benzene rings is 1. The van der Waals surface area contributed by atoms with Crippen molar-refractivity contribution in [1.82, 2.24) is 19.7 Å². The molecule has 0 radical (unpaired) electrons. The highest BCUT2D eigenvalue weighted by Gasteiger charge is 2.21. The Morgan fingerprint density at radius 2 is 2.03 bits per heavy atom. The highest BCUT2D eigenvalue weighted by Crippen LogP contribution is 2.30. The van der Waals surface area contributed by atoms with E-state index in [1.807, 2.05) is 44.2 Å². The second-order valence-electron chi connectivity index (χ2n) is 9.49. The number of amides is 1. The highest BCUT2D eigenvalue weighted by molar-refractivity contribution is 7.81. The molecule has 1 saturated carbocycles. The van der Waals surface area contributed by atoms with Gasteiger partial charge >= 0.3 is 0 Å². The molecule has 5 rings (SSSR count). The van der Waals surface area contributed by atoms with Crippen LogP contribution in [-0.4, -0.2) is 32.2 Å². The van der Waals surface area contributed by atoms with E-state index in [-0.39, 0.29) is 17.0 Å². The molecular formula is C26H29N7O2S. The van der Waals surface area contributed by atoms with Crippen molar-refractivity contribution in [3.63, 3.8) is 0 Å². The Bertz CT molecular complexity index is 1370. The first-order valence-corrected chi connectivity index (χ1v) is 12.3. The monoisotopic (exact) mass is 503 g/mol. The summed E-state index contributed by atoms with van der Waals surface area (Å²) in [6.45, 7) is 5.15. The van der Waals surface area contributed by atoms with E-state index in [9.17, 15) is 4.79 Å². The molecule has 1 amide bonds. The number of nitrogens with one attached hydrogen (secondary N) is 2. The van der Waals surface area contributed by atoms with Crippen LogP contribution in [0.4, 0.5) is 11.5 Å². The van der Waals surface area contributed by atoms with Gasteiger partial charge in [0.05, 0.1) is 23.3 Å². The van der Waals surface area contributed by atoms with Crippen molar-refractivity contribution < 1.29 is 9.21 Å². The van der Waals surface area contributed by atoms with Gasteiger partial charge in [0.25, 0.3) is 5.91 Å². The van der Waals surface area contributed by atoms with Gasteiger partial charge in [-0.25, -0.2) is 14.6 Å². The van der Waals surface area contributed by atoms with E-state index < -0.39 is 5.91 Å². The molecule has 0 spiro atoms. The molecule has 10 heteroatoms. The van der Waals surface area contributed by atoms with E-state index in [1.54, 1.807) is 23.1 Å². The van der Waals surface area contributed by atoms with Crippen LogP contribution >= 0.6 is 12.6 Å². The lowest BCUT2D eigenvalue weighted by molar-refractivity contribution is 0.102. The molecule has 0 saturated heterocycles. The lowest BCUT2D eigenvalue weighted by Gasteiger charge is -2.18. The minimum absolute atomic E-state index is 0.158. The number of hydrogen-bond acceptors (Lipinski definition) is 8. The molecule has 1 aliphatic carbocycles. The average Bonchev–Trinajstić information content (AvgIpc) is 3.40. The zero-order chi connectivity index (χ0) is 25.3. The lowest BCUT2D eigenvalue weighted by atomic mass is 10.0. The number of thiol groups is 1. The minimum atomic E-state index is -0.410. The second kappa shape index (κ2) is 9.79. The Labute approximate surface area is 214 Å². The van der Waals surface area contributed by atoms with E-state index in [4.69, 9.17) is 10.2 Å². The van der Waals surface area contributed by atoms with Gasteiger partial charge in [0.2, 0.25) is 5.89 Å². The van der Waals surface area contributed by atoms with Gasteiger partial charge in [0, 0.05) is 29.6 Å². The minimum Gasteiger partial charge on any atom is -0.444 e. The fourth-order valence-electron chi connectivity index (χ4n) is 3.75. The molecule has 9 nitrogen and oxygen atoms in total. The number of hydrogen-bond donors (Lipinski definition) is 4. The summed E-state index contributed by atoms with van der Waals surface area (Å²) in [5.74, 6) is 1.43. The number of carbonyl (C=O) groups excluding carboxylic acids is 1. The molecule has 1 aliphatic rings. The number of carbonyl (C=O) groups is 1. The van der Waals surface area contributed by atoms with Crippen LogP contribution in [0.3, 0.4) is 0 Å². The maximum atomic E-state index is 12.9. The van der Waals surface area contributed by atoms with Gasteiger partial charge in [-0.05, 0) is 62.4 Å². The number of aromatic nitrogens is 4. The molecule has 4 N–H and O–H groups in total. The Morgan fingerprint density at radius 1 is 1.25 bits per heavy atom. The SMILES string of the molecule is CC(C)(S)c1ccc(-n2cc(NC(=O)c3coc(-c4ccnc(NCC5CC5)c4)n3)c(CN)n2)cc1. The molecule has 0 atom stereocenters. The summed E-state index contributed by atoms with van der Waals surface area (Å²) in [7, 11) is 0. The summed E-state index contributed by atoms with van der Waals surface area (Å²) in [6, 6.07) is 11.6. The summed E-state index contributed by atoms with van der Waals surface area (Å²) in [4.78, 5) is 21.7. The van der Waals surface area contributed by atoms with Crippen LogP contribution < -0.4 is 16.4 Å². The largest absolute Gasteiger partial charge is 0.444 e. The molecule has 3 aromatic heterocycles. The van der Waals surface area contributed by atoms with Crippen molar-refractivity contribution in [2.75, 3.05) is 17.2 Å². The molecule has 186 valence electrons. The van der Waals surface area contributed by atoms with Crippen LogP contribution in [0.15, 0.2) is 59.5 Å². The normalized spacial score (nSPS) is 13.6. The number of rotatable bonds is 9. The van der Waals surface area contributed by atoms with Gasteiger partial charge < -0.3 is 20.8 Å². The molecule has 4 aromatic rings. The predicted octanol–water partition coefficient (Wildman–Crippen LogP) is 4.62. The van der Waals surface area contributed by atoms with Crippen molar-refractivity contribution in [2.24, 2.45) is 11.7 Å². The molecule has 1 fully saturated rings. The molecule has 0 bridgehead atoms. The zero-order valence-corrected chi connectivity index (χ0v) is 21.1. The van der Waals surface area contributed by atoms with Crippen molar-refractivity contribution in [2.45, 2.75) is 38.0 Å². The maximum Gasteiger partial charge on any atom is 0.277 e. The summed E-state index contributed by atoms with van der Waals surface area (Å²) < 4.78 is 7.04. The first-order valence-electron chi connectivity index (χ1n) is 11.9. The topological polar surface area (TPSA) is 124 Å². The van der Waals surface area contributed by atoms with Gasteiger partial charge in [-0.3, -0.25) is 4.79 Å². The molecule has 3 heterocycles. The van der Waals surface area contributed by atoms with Gasteiger partial charge in [-0.1, -0.05) is 12.1 Å². The van der Waals surface area contributed by atoms with E-state index >= 15 is 0 Å². The first-order chi connectivity index (χ1) is 17.3. The van der Waals surface area contributed by atoms with Gasteiger partial charge in [-0.2, -0.15) is 17.7 Å². The second-order valence-corrected chi connectivity index (χ2v) is 10.6. The number of oxazole rings is 1.